The molecule has 0 aliphatic carbocycles. The number of hydrogen-bond donors (Lipinski definition) is 0. The number of esters is 1. The Balaban J connectivity index is 2.87. The minimum Gasteiger partial charge on any atom is -0.431 e. The zero-order valence-corrected chi connectivity index (χ0v) is 12.5. The average Bonchev–Trinajstić information content (AvgIpc) is 2.33. The standard InChI is InChI=1S/C13H13Cl3O3/c1-3-11(10-7-5-4-6-8-10)19-12(13(14,15)16)18-9(2)17/h3-8,11-12H,1H2,2H3. The third-order valence-electron chi connectivity index (χ3n) is 2.15. The van der Waals surface area contributed by atoms with Crippen LogP contribution in [0.3, 0.4) is 0 Å². The second-order valence-corrected chi connectivity index (χ2v) is 6.05. The number of ether oxygens (including phenoxy) is 2. The van der Waals surface area contributed by atoms with Crippen molar-refractivity contribution in [3.05, 3.63) is 48.6 Å². The van der Waals surface area contributed by atoms with Gasteiger partial charge in [-0.25, -0.2) is 0 Å². The number of benzene rings is 1. The van der Waals surface area contributed by atoms with E-state index in [1.807, 2.05) is 30.3 Å². The van der Waals surface area contributed by atoms with E-state index in [9.17, 15) is 4.79 Å². The quantitative estimate of drug-likeness (QED) is 0.353. The van der Waals surface area contributed by atoms with Crippen LogP contribution in [0.5, 0.6) is 0 Å². The van der Waals surface area contributed by atoms with Crippen LogP contribution < -0.4 is 0 Å². The monoisotopic (exact) mass is 322 g/mol. The minimum atomic E-state index is -1.89. The molecule has 0 heterocycles. The molecule has 0 aliphatic heterocycles. The Kier molecular flexibility index (Phi) is 6.14. The Morgan fingerprint density at radius 3 is 2.32 bits per heavy atom. The minimum absolute atomic E-state index is 0.554. The molecule has 1 rings (SSSR count). The van der Waals surface area contributed by atoms with Crippen molar-refractivity contribution in [3.63, 3.8) is 0 Å². The fraction of sp³-hybridized carbons (Fsp3) is 0.308. The first-order valence-corrected chi connectivity index (χ1v) is 6.55. The molecule has 0 spiro atoms. The lowest BCUT2D eigenvalue weighted by Crippen LogP contribution is -2.34. The van der Waals surface area contributed by atoms with Crippen molar-refractivity contribution in [1.29, 1.82) is 0 Å². The Morgan fingerprint density at radius 2 is 1.89 bits per heavy atom. The Morgan fingerprint density at radius 1 is 1.32 bits per heavy atom. The number of carbonyl (C=O) groups excluding carboxylic acids is 1. The van der Waals surface area contributed by atoms with Gasteiger partial charge in [0.2, 0.25) is 0 Å². The van der Waals surface area contributed by atoms with E-state index in [1.54, 1.807) is 0 Å². The summed E-state index contributed by atoms with van der Waals surface area (Å²) in [4.78, 5) is 11.0. The molecule has 0 fully saturated rings. The number of halogens is 3. The van der Waals surface area contributed by atoms with E-state index in [0.717, 1.165) is 5.56 Å². The van der Waals surface area contributed by atoms with E-state index in [0.29, 0.717) is 0 Å². The lowest BCUT2D eigenvalue weighted by atomic mass is 10.1. The molecule has 104 valence electrons. The van der Waals surface area contributed by atoms with Crippen LogP contribution in [0.25, 0.3) is 0 Å². The second kappa shape index (κ2) is 7.15. The SMILES string of the molecule is C=CC(OC(OC(C)=O)C(Cl)(Cl)Cl)c1ccccc1. The topological polar surface area (TPSA) is 35.5 Å². The average molecular weight is 324 g/mol. The van der Waals surface area contributed by atoms with E-state index in [2.05, 4.69) is 6.58 Å². The summed E-state index contributed by atoms with van der Waals surface area (Å²) >= 11 is 17.2. The van der Waals surface area contributed by atoms with E-state index in [-0.39, 0.29) is 0 Å². The molecule has 0 amide bonds. The van der Waals surface area contributed by atoms with Gasteiger partial charge in [0.05, 0.1) is 0 Å². The molecular weight excluding hydrogens is 310 g/mol. The van der Waals surface area contributed by atoms with Gasteiger partial charge in [-0.2, -0.15) is 0 Å². The zero-order chi connectivity index (χ0) is 14.5. The molecule has 0 saturated carbocycles. The maximum Gasteiger partial charge on any atom is 0.305 e. The Labute approximate surface area is 127 Å². The zero-order valence-electron chi connectivity index (χ0n) is 10.2. The maximum atomic E-state index is 11.0. The van der Waals surface area contributed by atoms with E-state index >= 15 is 0 Å². The molecule has 3 nitrogen and oxygen atoms in total. The summed E-state index contributed by atoms with van der Waals surface area (Å²) in [5.41, 5.74) is 0.809. The lowest BCUT2D eigenvalue weighted by Gasteiger charge is -2.27. The third kappa shape index (κ3) is 5.41. The summed E-state index contributed by atoms with van der Waals surface area (Å²) in [5.74, 6) is -0.604. The van der Waals surface area contributed by atoms with Gasteiger partial charge in [0.1, 0.15) is 6.10 Å². The first-order chi connectivity index (χ1) is 8.84. The summed E-state index contributed by atoms with van der Waals surface area (Å²) in [6.07, 6.45) is -0.346. The predicted molar refractivity (Wildman–Crippen MR) is 76.3 cm³/mol. The van der Waals surface area contributed by atoms with Crippen molar-refractivity contribution in [2.24, 2.45) is 0 Å². The van der Waals surface area contributed by atoms with Crippen LogP contribution in [0.15, 0.2) is 43.0 Å². The highest BCUT2D eigenvalue weighted by molar-refractivity contribution is 6.68. The van der Waals surface area contributed by atoms with Crippen LogP contribution in [-0.4, -0.2) is 16.1 Å². The van der Waals surface area contributed by atoms with Gasteiger partial charge in [0, 0.05) is 6.92 Å². The Bertz CT molecular complexity index is 429. The van der Waals surface area contributed by atoms with Crippen LogP contribution in [0.4, 0.5) is 0 Å². The molecule has 2 unspecified atom stereocenters. The van der Waals surface area contributed by atoms with Gasteiger partial charge in [0.25, 0.3) is 10.1 Å². The van der Waals surface area contributed by atoms with Crippen LogP contribution >= 0.6 is 34.8 Å². The maximum absolute atomic E-state index is 11.0. The fourth-order valence-corrected chi connectivity index (χ4v) is 1.66. The summed E-state index contributed by atoms with van der Waals surface area (Å²) in [6.45, 7) is 4.86. The second-order valence-electron chi connectivity index (χ2n) is 3.69. The first kappa shape index (κ1) is 16.3. The molecule has 1 aromatic rings. The molecule has 0 aliphatic rings. The van der Waals surface area contributed by atoms with Crippen molar-refractivity contribution in [3.8, 4) is 0 Å². The molecule has 0 saturated heterocycles. The summed E-state index contributed by atoms with van der Waals surface area (Å²) in [5, 5.41) is 0. The summed E-state index contributed by atoms with van der Waals surface area (Å²) in [7, 11) is 0. The Hall–Kier alpha value is -0.740. The molecular formula is C13H13Cl3O3. The van der Waals surface area contributed by atoms with E-state index in [4.69, 9.17) is 44.3 Å². The van der Waals surface area contributed by atoms with Crippen molar-refractivity contribution >= 4 is 40.8 Å². The summed E-state index contributed by atoms with van der Waals surface area (Å²) in [6, 6.07) is 9.20. The third-order valence-corrected chi connectivity index (χ3v) is 2.69. The van der Waals surface area contributed by atoms with Gasteiger partial charge in [-0.05, 0) is 5.56 Å². The predicted octanol–water partition coefficient (Wildman–Crippen LogP) is 4.19. The molecule has 6 heteroatoms. The summed E-state index contributed by atoms with van der Waals surface area (Å²) < 4.78 is 8.48. The number of carbonyl (C=O) groups is 1. The van der Waals surface area contributed by atoms with Crippen molar-refractivity contribution < 1.29 is 14.3 Å². The van der Waals surface area contributed by atoms with Crippen molar-refractivity contribution in [2.75, 3.05) is 0 Å². The molecule has 0 radical (unpaired) electrons. The van der Waals surface area contributed by atoms with Crippen LogP contribution in [0.2, 0.25) is 0 Å². The normalized spacial score (nSPS) is 14.5. The molecule has 0 N–H and O–H groups in total. The first-order valence-electron chi connectivity index (χ1n) is 5.41. The van der Waals surface area contributed by atoms with E-state index < -0.39 is 22.2 Å². The van der Waals surface area contributed by atoms with Crippen LogP contribution in [0.1, 0.15) is 18.6 Å². The van der Waals surface area contributed by atoms with Gasteiger partial charge in [-0.3, -0.25) is 4.79 Å². The molecule has 19 heavy (non-hydrogen) atoms. The lowest BCUT2D eigenvalue weighted by molar-refractivity contribution is -0.182. The molecule has 0 aromatic heterocycles. The van der Waals surface area contributed by atoms with Crippen LogP contribution in [0, 0.1) is 0 Å². The fourth-order valence-electron chi connectivity index (χ4n) is 1.37. The van der Waals surface area contributed by atoms with Gasteiger partial charge in [-0.15, -0.1) is 6.58 Å². The highest BCUT2D eigenvalue weighted by atomic mass is 35.6. The van der Waals surface area contributed by atoms with Crippen LogP contribution in [-0.2, 0) is 14.3 Å². The molecule has 2 atom stereocenters. The van der Waals surface area contributed by atoms with Gasteiger partial charge < -0.3 is 9.47 Å². The smallest absolute Gasteiger partial charge is 0.305 e. The van der Waals surface area contributed by atoms with Gasteiger partial charge in [0.15, 0.2) is 0 Å². The number of hydrogen-bond acceptors (Lipinski definition) is 3. The molecule has 0 bridgehead atoms. The highest BCUT2D eigenvalue weighted by Gasteiger charge is 2.38. The highest BCUT2D eigenvalue weighted by Crippen LogP contribution is 2.36. The van der Waals surface area contributed by atoms with Crippen molar-refractivity contribution in [1.82, 2.24) is 0 Å². The number of alkyl halides is 3. The number of rotatable bonds is 5. The van der Waals surface area contributed by atoms with E-state index in [1.165, 1.54) is 13.0 Å². The van der Waals surface area contributed by atoms with Gasteiger partial charge in [-0.1, -0.05) is 71.2 Å². The van der Waals surface area contributed by atoms with Gasteiger partial charge >= 0.3 is 5.97 Å². The largest absolute Gasteiger partial charge is 0.431 e. The molecule has 1 aromatic carbocycles. The van der Waals surface area contributed by atoms with Crippen molar-refractivity contribution in [2.45, 2.75) is 23.1 Å².